The SMILES string of the molecule is Nc1ccc(F)c(C2=Nc3ncc(Cl)cc3C2)c1. The van der Waals surface area contributed by atoms with Crippen molar-refractivity contribution in [3.63, 3.8) is 0 Å². The molecule has 0 bridgehead atoms. The molecule has 0 radical (unpaired) electrons. The number of hydrogen-bond acceptors (Lipinski definition) is 3. The number of rotatable bonds is 1. The van der Waals surface area contributed by atoms with Crippen molar-refractivity contribution in [2.75, 3.05) is 5.73 Å². The third-order valence-electron chi connectivity index (χ3n) is 2.81. The fraction of sp³-hybridized carbons (Fsp3) is 0.0769. The fourth-order valence-electron chi connectivity index (χ4n) is 1.97. The summed E-state index contributed by atoms with van der Waals surface area (Å²) in [5.74, 6) is 0.262. The van der Waals surface area contributed by atoms with Gasteiger partial charge in [-0.25, -0.2) is 14.4 Å². The Morgan fingerprint density at radius 3 is 2.94 bits per heavy atom. The van der Waals surface area contributed by atoms with E-state index in [1.807, 2.05) is 0 Å². The number of pyridine rings is 1. The number of anilines is 1. The first-order chi connectivity index (χ1) is 8.63. The van der Waals surface area contributed by atoms with Crippen LogP contribution in [-0.2, 0) is 6.42 Å². The van der Waals surface area contributed by atoms with Gasteiger partial charge in [0.2, 0.25) is 0 Å². The molecule has 2 aromatic rings. The monoisotopic (exact) mass is 261 g/mol. The molecule has 3 nitrogen and oxygen atoms in total. The van der Waals surface area contributed by atoms with Crippen molar-refractivity contribution in [3.8, 4) is 0 Å². The van der Waals surface area contributed by atoms with Gasteiger partial charge in [0.05, 0.1) is 10.7 Å². The topological polar surface area (TPSA) is 51.3 Å². The van der Waals surface area contributed by atoms with Gasteiger partial charge in [0.15, 0.2) is 5.82 Å². The third-order valence-corrected chi connectivity index (χ3v) is 3.02. The number of benzene rings is 1. The predicted molar refractivity (Wildman–Crippen MR) is 70.0 cm³/mol. The molecular formula is C13H9ClFN3. The van der Waals surface area contributed by atoms with Crippen molar-refractivity contribution in [3.05, 3.63) is 52.4 Å². The van der Waals surface area contributed by atoms with Crippen molar-refractivity contribution >= 4 is 28.8 Å². The van der Waals surface area contributed by atoms with Gasteiger partial charge in [0.1, 0.15) is 5.82 Å². The summed E-state index contributed by atoms with van der Waals surface area (Å²) >= 11 is 5.87. The zero-order chi connectivity index (χ0) is 12.7. The minimum absolute atomic E-state index is 0.332. The molecule has 2 heterocycles. The van der Waals surface area contributed by atoms with Gasteiger partial charge < -0.3 is 5.73 Å². The molecule has 5 heteroatoms. The van der Waals surface area contributed by atoms with Crippen LogP contribution < -0.4 is 5.73 Å². The highest BCUT2D eigenvalue weighted by Crippen LogP contribution is 2.29. The van der Waals surface area contributed by atoms with E-state index in [0.717, 1.165) is 5.56 Å². The van der Waals surface area contributed by atoms with Crippen LogP contribution in [0.2, 0.25) is 5.02 Å². The van der Waals surface area contributed by atoms with Crippen molar-refractivity contribution in [1.29, 1.82) is 0 Å². The van der Waals surface area contributed by atoms with Gasteiger partial charge in [-0.3, -0.25) is 0 Å². The first kappa shape index (κ1) is 11.2. The highest BCUT2D eigenvalue weighted by atomic mass is 35.5. The van der Waals surface area contributed by atoms with Crippen LogP contribution in [-0.4, -0.2) is 10.7 Å². The average Bonchev–Trinajstić information content (AvgIpc) is 2.74. The van der Waals surface area contributed by atoms with Crippen LogP contribution in [0.5, 0.6) is 0 Å². The molecule has 0 spiro atoms. The van der Waals surface area contributed by atoms with Gasteiger partial charge in [-0.05, 0) is 24.3 Å². The Morgan fingerprint density at radius 1 is 1.28 bits per heavy atom. The van der Waals surface area contributed by atoms with E-state index in [2.05, 4.69) is 9.98 Å². The van der Waals surface area contributed by atoms with E-state index >= 15 is 0 Å². The number of hydrogen-bond donors (Lipinski definition) is 1. The summed E-state index contributed by atoms with van der Waals surface area (Å²) in [6, 6.07) is 6.25. The van der Waals surface area contributed by atoms with E-state index in [1.54, 1.807) is 12.1 Å². The van der Waals surface area contributed by atoms with E-state index in [-0.39, 0.29) is 5.82 Å². The molecule has 0 atom stereocenters. The number of nitrogens with two attached hydrogens (primary N) is 1. The van der Waals surface area contributed by atoms with Gasteiger partial charge in [-0.2, -0.15) is 0 Å². The quantitative estimate of drug-likeness (QED) is 0.802. The molecule has 0 saturated carbocycles. The summed E-state index contributed by atoms with van der Waals surface area (Å²) in [7, 11) is 0. The van der Waals surface area contributed by atoms with E-state index in [4.69, 9.17) is 17.3 Å². The zero-order valence-corrected chi connectivity index (χ0v) is 10.1. The second-order valence-electron chi connectivity index (χ2n) is 4.11. The molecule has 1 aromatic carbocycles. The van der Waals surface area contributed by atoms with Crippen LogP contribution in [0, 0.1) is 5.82 Å². The smallest absolute Gasteiger partial charge is 0.155 e. The largest absolute Gasteiger partial charge is 0.399 e. The highest BCUT2D eigenvalue weighted by molar-refractivity contribution is 6.30. The lowest BCUT2D eigenvalue weighted by molar-refractivity contribution is 0.625. The van der Waals surface area contributed by atoms with Gasteiger partial charge in [-0.15, -0.1) is 0 Å². The third kappa shape index (κ3) is 1.84. The minimum Gasteiger partial charge on any atom is -0.399 e. The van der Waals surface area contributed by atoms with E-state index < -0.39 is 0 Å². The first-order valence-corrected chi connectivity index (χ1v) is 5.78. The van der Waals surface area contributed by atoms with Crippen LogP contribution in [0.3, 0.4) is 0 Å². The summed E-state index contributed by atoms with van der Waals surface area (Å²) < 4.78 is 13.7. The summed E-state index contributed by atoms with van der Waals surface area (Å²) in [4.78, 5) is 8.43. The first-order valence-electron chi connectivity index (χ1n) is 5.41. The molecule has 90 valence electrons. The average molecular weight is 262 g/mol. The van der Waals surface area contributed by atoms with Crippen molar-refractivity contribution in [2.24, 2.45) is 4.99 Å². The molecule has 0 fully saturated rings. The van der Waals surface area contributed by atoms with Gasteiger partial charge in [0.25, 0.3) is 0 Å². The van der Waals surface area contributed by atoms with Crippen LogP contribution >= 0.6 is 11.6 Å². The molecule has 1 aliphatic heterocycles. The van der Waals surface area contributed by atoms with E-state index in [9.17, 15) is 4.39 Å². The lowest BCUT2D eigenvalue weighted by Gasteiger charge is -2.03. The Hall–Kier alpha value is -1.94. The number of aliphatic imine (C=N–C) groups is 1. The maximum atomic E-state index is 13.7. The van der Waals surface area contributed by atoms with Crippen molar-refractivity contribution in [2.45, 2.75) is 6.42 Å². The number of nitrogens with zero attached hydrogens (tertiary/aromatic N) is 2. The number of halogens is 2. The molecule has 0 saturated heterocycles. The zero-order valence-electron chi connectivity index (χ0n) is 9.32. The van der Waals surface area contributed by atoms with Crippen molar-refractivity contribution in [1.82, 2.24) is 4.98 Å². The maximum Gasteiger partial charge on any atom is 0.155 e. The molecule has 1 aliphatic rings. The van der Waals surface area contributed by atoms with E-state index in [0.29, 0.717) is 34.2 Å². The van der Waals surface area contributed by atoms with Crippen LogP contribution in [0.15, 0.2) is 35.5 Å². The lowest BCUT2D eigenvalue weighted by atomic mass is 10.0. The number of fused-ring (bicyclic) bond motifs is 1. The van der Waals surface area contributed by atoms with E-state index in [1.165, 1.54) is 18.3 Å². The molecule has 3 rings (SSSR count). The highest BCUT2D eigenvalue weighted by Gasteiger charge is 2.20. The maximum absolute atomic E-state index is 13.7. The van der Waals surface area contributed by atoms with Gasteiger partial charge in [-0.1, -0.05) is 11.6 Å². The molecule has 18 heavy (non-hydrogen) atoms. The van der Waals surface area contributed by atoms with Crippen molar-refractivity contribution < 1.29 is 4.39 Å². The molecule has 2 N–H and O–H groups in total. The minimum atomic E-state index is -0.332. The Bertz CT molecular complexity index is 667. The molecule has 0 unspecified atom stereocenters. The normalized spacial score (nSPS) is 13.3. The van der Waals surface area contributed by atoms with Crippen LogP contribution in [0.4, 0.5) is 15.9 Å². The van der Waals surface area contributed by atoms with Gasteiger partial charge in [0, 0.05) is 29.4 Å². The standard InChI is InChI=1S/C13H9ClFN3/c14-8-3-7-4-12(18-13(7)17-6-8)10-5-9(16)1-2-11(10)15/h1-3,5-6H,4,16H2. The Balaban J connectivity index is 2.05. The summed E-state index contributed by atoms with van der Waals surface area (Å²) in [5.41, 5.74) is 8.13. The van der Waals surface area contributed by atoms with Crippen LogP contribution in [0.25, 0.3) is 0 Å². The Labute approximate surface area is 108 Å². The lowest BCUT2D eigenvalue weighted by Crippen LogP contribution is -2.04. The number of nitrogen functional groups attached to an aromatic ring is 1. The molecule has 0 amide bonds. The summed E-state index contributed by atoms with van der Waals surface area (Å²) in [6.07, 6.45) is 2.05. The summed E-state index contributed by atoms with van der Waals surface area (Å²) in [6.45, 7) is 0. The summed E-state index contributed by atoms with van der Waals surface area (Å²) in [5, 5.41) is 0.554. The Kier molecular flexibility index (Phi) is 2.52. The van der Waals surface area contributed by atoms with Gasteiger partial charge >= 0.3 is 0 Å². The molecule has 0 aliphatic carbocycles. The van der Waals surface area contributed by atoms with Crippen LogP contribution in [0.1, 0.15) is 11.1 Å². The fourth-order valence-corrected chi connectivity index (χ4v) is 2.15. The predicted octanol–water partition coefficient (Wildman–Crippen LogP) is 3.13. The second-order valence-corrected chi connectivity index (χ2v) is 4.55. The number of aromatic nitrogens is 1. The molecule has 1 aromatic heterocycles. The molecular weight excluding hydrogens is 253 g/mol. The second kappa shape index (κ2) is 4.07. The Morgan fingerprint density at radius 2 is 2.11 bits per heavy atom.